The summed E-state index contributed by atoms with van der Waals surface area (Å²) in [6.07, 6.45) is 1.04. The average Bonchev–Trinajstić information content (AvgIpc) is 2.01. The van der Waals surface area contributed by atoms with Crippen molar-refractivity contribution in [1.29, 1.82) is 0 Å². The Morgan fingerprint density at radius 3 is 2.14 bits per heavy atom. The van der Waals surface area contributed by atoms with Crippen molar-refractivity contribution < 1.29 is 9.47 Å². The summed E-state index contributed by atoms with van der Waals surface area (Å²) in [7, 11) is 1.70. The average molecular weight is 203 g/mol. The first kappa shape index (κ1) is 13.9. The fraction of sp³-hybridized carbons (Fsp3) is 1.00. The molecule has 0 heterocycles. The highest BCUT2D eigenvalue weighted by Crippen LogP contribution is 2.24. The monoisotopic (exact) mass is 203 g/mol. The normalized spacial score (nSPS) is 16.7. The summed E-state index contributed by atoms with van der Waals surface area (Å²) in [6.45, 7) is 9.91. The number of nitrogens with two attached hydrogens (primary N) is 1. The summed E-state index contributed by atoms with van der Waals surface area (Å²) < 4.78 is 10.7. The number of hydrogen-bond acceptors (Lipinski definition) is 3. The molecule has 0 aromatic heterocycles. The molecular weight excluding hydrogens is 178 g/mol. The van der Waals surface area contributed by atoms with Crippen LogP contribution in [-0.2, 0) is 9.47 Å². The molecule has 2 N–H and O–H groups in total. The SMILES string of the molecule is COCCCOC(C(C)N)C(C)(C)C. The summed E-state index contributed by atoms with van der Waals surface area (Å²) in [5.41, 5.74) is 5.98. The highest BCUT2D eigenvalue weighted by molar-refractivity contribution is 4.81. The van der Waals surface area contributed by atoms with E-state index in [0.717, 1.165) is 19.6 Å². The van der Waals surface area contributed by atoms with Crippen molar-refractivity contribution >= 4 is 0 Å². The van der Waals surface area contributed by atoms with Gasteiger partial charge in [-0.05, 0) is 18.8 Å². The molecule has 0 spiro atoms. The molecule has 0 aromatic rings. The lowest BCUT2D eigenvalue weighted by atomic mass is 9.85. The molecule has 0 bridgehead atoms. The first-order valence-corrected chi connectivity index (χ1v) is 5.25. The molecule has 0 aliphatic rings. The van der Waals surface area contributed by atoms with E-state index in [2.05, 4.69) is 20.8 Å². The minimum Gasteiger partial charge on any atom is -0.385 e. The number of hydrogen-bond donors (Lipinski definition) is 1. The van der Waals surface area contributed by atoms with Crippen LogP contribution < -0.4 is 5.73 Å². The molecule has 0 amide bonds. The fourth-order valence-corrected chi connectivity index (χ4v) is 1.60. The molecule has 0 saturated heterocycles. The number of methoxy groups -OCH3 is 1. The molecule has 3 heteroatoms. The van der Waals surface area contributed by atoms with Gasteiger partial charge < -0.3 is 15.2 Å². The van der Waals surface area contributed by atoms with Gasteiger partial charge in [-0.3, -0.25) is 0 Å². The van der Waals surface area contributed by atoms with Crippen LogP contribution in [0.4, 0.5) is 0 Å². The van der Waals surface area contributed by atoms with Crippen molar-refractivity contribution in [2.24, 2.45) is 11.1 Å². The standard InChI is InChI=1S/C11H25NO2/c1-9(12)10(11(2,3)4)14-8-6-7-13-5/h9-10H,6-8,12H2,1-5H3. The number of ether oxygens (including phenoxy) is 2. The lowest BCUT2D eigenvalue weighted by molar-refractivity contribution is -0.0356. The third kappa shape index (κ3) is 5.58. The van der Waals surface area contributed by atoms with Gasteiger partial charge in [-0.2, -0.15) is 0 Å². The van der Waals surface area contributed by atoms with Gasteiger partial charge in [0.15, 0.2) is 0 Å². The highest BCUT2D eigenvalue weighted by atomic mass is 16.5. The zero-order chi connectivity index (χ0) is 11.2. The second kappa shape index (κ2) is 6.38. The molecule has 3 nitrogen and oxygen atoms in total. The molecule has 0 rings (SSSR count). The predicted octanol–water partition coefficient (Wildman–Crippen LogP) is 1.80. The first-order chi connectivity index (χ1) is 6.39. The Bertz CT molecular complexity index is 141. The molecule has 0 aliphatic carbocycles. The molecule has 86 valence electrons. The van der Waals surface area contributed by atoms with Crippen LogP contribution in [0.2, 0.25) is 0 Å². The summed E-state index contributed by atoms with van der Waals surface area (Å²) in [5, 5.41) is 0. The largest absolute Gasteiger partial charge is 0.385 e. The third-order valence-corrected chi connectivity index (χ3v) is 2.12. The van der Waals surface area contributed by atoms with Gasteiger partial charge in [0, 0.05) is 26.4 Å². The molecule has 0 fully saturated rings. The third-order valence-electron chi connectivity index (χ3n) is 2.12. The Hall–Kier alpha value is -0.120. The Morgan fingerprint density at radius 1 is 1.21 bits per heavy atom. The summed E-state index contributed by atoms with van der Waals surface area (Å²) in [6, 6.07) is 0.0672. The quantitative estimate of drug-likeness (QED) is 0.669. The van der Waals surface area contributed by atoms with Crippen molar-refractivity contribution in [3.05, 3.63) is 0 Å². The van der Waals surface area contributed by atoms with Gasteiger partial charge in [-0.1, -0.05) is 20.8 Å². The van der Waals surface area contributed by atoms with E-state index in [1.54, 1.807) is 7.11 Å². The summed E-state index contributed by atoms with van der Waals surface area (Å²) >= 11 is 0. The van der Waals surface area contributed by atoms with E-state index in [0.29, 0.717) is 0 Å². The van der Waals surface area contributed by atoms with Gasteiger partial charge in [0.2, 0.25) is 0 Å². The minimum absolute atomic E-state index is 0.0672. The lowest BCUT2D eigenvalue weighted by Gasteiger charge is -2.33. The van der Waals surface area contributed by atoms with Gasteiger partial charge in [-0.25, -0.2) is 0 Å². The van der Waals surface area contributed by atoms with Crippen LogP contribution in [0.3, 0.4) is 0 Å². The van der Waals surface area contributed by atoms with E-state index in [1.807, 2.05) is 6.92 Å². The Morgan fingerprint density at radius 2 is 1.79 bits per heavy atom. The minimum atomic E-state index is 0.0672. The summed E-state index contributed by atoms with van der Waals surface area (Å²) in [4.78, 5) is 0. The predicted molar refractivity (Wildman–Crippen MR) is 59.3 cm³/mol. The molecule has 2 unspecified atom stereocenters. The second-order valence-corrected chi connectivity index (χ2v) is 4.86. The molecule has 14 heavy (non-hydrogen) atoms. The van der Waals surface area contributed by atoms with E-state index in [-0.39, 0.29) is 17.6 Å². The maximum atomic E-state index is 5.88. The zero-order valence-electron chi connectivity index (χ0n) is 10.2. The fourth-order valence-electron chi connectivity index (χ4n) is 1.60. The summed E-state index contributed by atoms with van der Waals surface area (Å²) in [5.74, 6) is 0. The van der Waals surface area contributed by atoms with Crippen LogP contribution in [0.1, 0.15) is 34.1 Å². The highest BCUT2D eigenvalue weighted by Gasteiger charge is 2.28. The van der Waals surface area contributed by atoms with Gasteiger partial charge >= 0.3 is 0 Å². The van der Waals surface area contributed by atoms with Crippen LogP contribution in [0.15, 0.2) is 0 Å². The number of rotatable bonds is 6. The van der Waals surface area contributed by atoms with Crippen LogP contribution in [0.25, 0.3) is 0 Å². The zero-order valence-corrected chi connectivity index (χ0v) is 10.2. The Labute approximate surface area is 88.0 Å². The molecule has 0 aromatic carbocycles. The van der Waals surface area contributed by atoms with Crippen molar-refractivity contribution in [2.45, 2.75) is 46.3 Å². The van der Waals surface area contributed by atoms with E-state index in [9.17, 15) is 0 Å². The van der Waals surface area contributed by atoms with E-state index in [4.69, 9.17) is 15.2 Å². The van der Waals surface area contributed by atoms with Crippen molar-refractivity contribution in [3.8, 4) is 0 Å². The molecule has 0 radical (unpaired) electrons. The maximum Gasteiger partial charge on any atom is 0.0771 e. The van der Waals surface area contributed by atoms with Crippen molar-refractivity contribution in [1.82, 2.24) is 0 Å². The van der Waals surface area contributed by atoms with E-state index < -0.39 is 0 Å². The van der Waals surface area contributed by atoms with Crippen LogP contribution in [-0.4, -0.2) is 32.5 Å². The van der Waals surface area contributed by atoms with Gasteiger partial charge in [0.25, 0.3) is 0 Å². The Balaban J connectivity index is 3.87. The molecule has 0 aliphatic heterocycles. The van der Waals surface area contributed by atoms with Gasteiger partial charge in [-0.15, -0.1) is 0 Å². The van der Waals surface area contributed by atoms with Crippen LogP contribution in [0.5, 0.6) is 0 Å². The van der Waals surface area contributed by atoms with E-state index >= 15 is 0 Å². The topological polar surface area (TPSA) is 44.5 Å². The lowest BCUT2D eigenvalue weighted by Crippen LogP contribution is -2.43. The van der Waals surface area contributed by atoms with Gasteiger partial charge in [0.1, 0.15) is 0 Å². The first-order valence-electron chi connectivity index (χ1n) is 5.25. The van der Waals surface area contributed by atoms with Crippen LogP contribution >= 0.6 is 0 Å². The van der Waals surface area contributed by atoms with E-state index in [1.165, 1.54) is 0 Å². The molecular formula is C11H25NO2. The molecule has 2 atom stereocenters. The van der Waals surface area contributed by atoms with Crippen molar-refractivity contribution in [2.75, 3.05) is 20.3 Å². The second-order valence-electron chi connectivity index (χ2n) is 4.86. The maximum absolute atomic E-state index is 5.88. The van der Waals surface area contributed by atoms with Gasteiger partial charge in [0.05, 0.1) is 6.10 Å². The smallest absolute Gasteiger partial charge is 0.0771 e. The van der Waals surface area contributed by atoms with Crippen LogP contribution in [0, 0.1) is 5.41 Å². The molecule has 0 saturated carbocycles. The van der Waals surface area contributed by atoms with Crippen molar-refractivity contribution in [3.63, 3.8) is 0 Å². The Kier molecular flexibility index (Phi) is 6.33.